The average Bonchev–Trinajstić information content (AvgIpc) is 3.17. The molecule has 0 aliphatic carbocycles. The number of nitrogens with zero attached hydrogens (tertiary/aromatic N) is 3. The zero-order chi connectivity index (χ0) is 41.0. The van der Waals surface area contributed by atoms with Gasteiger partial charge in [-0.1, -0.05) is 24.3 Å². The highest BCUT2D eigenvalue weighted by atomic mass is 16.5. The number of phenolic OH excluding ortho intramolecular Hbond substituents is 2. The minimum absolute atomic E-state index is 0.00870. The van der Waals surface area contributed by atoms with Crippen molar-refractivity contribution in [3.05, 3.63) is 77.4 Å². The lowest BCUT2D eigenvalue weighted by Gasteiger charge is -2.36. The summed E-state index contributed by atoms with van der Waals surface area (Å²) < 4.78 is 11.1. The van der Waals surface area contributed by atoms with Crippen molar-refractivity contribution in [2.24, 2.45) is 0 Å². The first-order chi connectivity index (χ1) is 26.5. The number of nitrogens with one attached hydrogen (secondary N) is 3. The maximum atomic E-state index is 14.6. The van der Waals surface area contributed by atoms with Crippen LogP contribution in [0.3, 0.4) is 0 Å². The monoisotopic (exact) mass is 772 g/mol. The molecule has 6 atom stereocenters. The van der Waals surface area contributed by atoms with Crippen molar-refractivity contribution in [2.75, 3.05) is 28.3 Å². The number of carbonyl (C=O) groups excluding carboxylic acids is 6. The third-order valence-electron chi connectivity index (χ3n) is 10.3. The topological polar surface area (TPSA) is 207 Å². The fraction of sp³-hybridized carbons (Fsp3) is 0.400. The van der Waals surface area contributed by atoms with Crippen LogP contribution in [0, 0.1) is 0 Å². The minimum Gasteiger partial charge on any atom is -0.504 e. The van der Waals surface area contributed by atoms with Crippen molar-refractivity contribution in [2.45, 2.75) is 76.3 Å². The molecular formula is C40H48N6O10. The summed E-state index contributed by atoms with van der Waals surface area (Å²) in [5.74, 6) is -3.56. The molecule has 3 aromatic carbocycles. The molecule has 0 spiro atoms. The van der Waals surface area contributed by atoms with Gasteiger partial charge in [-0.05, 0) is 73.9 Å². The van der Waals surface area contributed by atoms with Gasteiger partial charge >= 0.3 is 0 Å². The summed E-state index contributed by atoms with van der Waals surface area (Å²) in [6.07, 6.45) is -0.152. The second-order valence-corrected chi connectivity index (χ2v) is 14.3. The summed E-state index contributed by atoms with van der Waals surface area (Å²) in [6, 6.07) is 8.66. The average molecular weight is 773 g/mol. The summed E-state index contributed by atoms with van der Waals surface area (Å²) in [5, 5.41) is 29.0. The van der Waals surface area contributed by atoms with E-state index in [0.717, 1.165) is 4.90 Å². The van der Waals surface area contributed by atoms with E-state index < -0.39 is 71.7 Å². The Bertz CT molecular complexity index is 2010. The molecule has 0 radical (unpaired) electrons. The van der Waals surface area contributed by atoms with Gasteiger partial charge < -0.3 is 50.3 Å². The number of amides is 6. The molecule has 0 saturated carbocycles. The zero-order valence-corrected chi connectivity index (χ0v) is 32.4. The Hall–Kier alpha value is -6.32. The number of hydrogen-bond acceptors (Lipinski definition) is 10. The molecule has 0 unspecified atom stereocenters. The van der Waals surface area contributed by atoms with Crippen LogP contribution in [0.15, 0.2) is 60.7 Å². The summed E-state index contributed by atoms with van der Waals surface area (Å²) in [4.78, 5) is 87.8. The lowest BCUT2D eigenvalue weighted by molar-refractivity contribution is -0.149. The second kappa shape index (κ2) is 17.0. The van der Waals surface area contributed by atoms with E-state index in [-0.39, 0.29) is 42.3 Å². The fourth-order valence-electron chi connectivity index (χ4n) is 6.77. The Morgan fingerprint density at radius 3 is 1.86 bits per heavy atom. The minimum atomic E-state index is -1.23. The van der Waals surface area contributed by atoms with Gasteiger partial charge in [0, 0.05) is 40.4 Å². The number of ether oxygens (including phenoxy) is 2. The van der Waals surface area contributed by atoms with Crippen molar-refractivity contribution in [3.8, 4) is 28.7 Å². The Kier molecular flexibility index (Phi) is 12.4. The van der Waals surface area contributed by atoms with E-state index in [1.807, 2.05) is 0 Å². The number of aromatic hydroxyl groups is 2. The molecule has 6 amide bonds. The predicted molar refractivity (Wildman–Crippen MR) is 203 cm³/mol. The van der Waals surface area contributed by atoms with Crippen molar-refractivity contribution < 1.29 is 48.5 Å². The summed E-state index contributed by atoms with van der Waals surface area (Å²) >= 11 is 0. The highest BCUT2D eigenvalue weighted by Gasteiger charge is 2.39. The normalized spacial score (nSPS) is 24.4. The molecule has 5 N–H and O–H groups in total. The van der Waals surface area contributed by atoms with Crippen LogP contribution in [0.2, 0.25) is 0 Å². The third-order valence-corrected chi connectivity index (χ3v) is 10.3. The molecule has 0 aromatic heterocycles. The van der Waals surface area contributed by atoms with E-state index in [9.17, 15) is 39.0 Å². The molecule has 1 saturated heterocycles. The van der Waals surface area contributed by atoms with Gasteiger partial charge in [-0.15, -0.1) is 0 Å². The standard InChI is InChI=1S/C40H48N6O10/c1-21-35(49)42-22(2)38(52)44(4)28(17-25-11-15-33(55-7)32(48)19-25)37(51)43-23(3)39(53)46(6)30-16-24-8-12-27(13-9-24)56-34-20-26(10-14-31(34)47)18-29(36(50)41-21)45(5)40(30)54/h8-15,19-23,28-30,47-48H,16-18H2,1-7H3,(H,41,50)(H,42,49)(H,43,51)/t21-,22+,23+,28+,29+,30+/m1/s1. The van der Waals surface area contributed by atoms with Gasteiger partial charge in [0.05, 0.1) is 7.11 Å². The number of fused-ring (bicyclic) bond motifs is 2. The first kappa shape index (κ1) is 40.9. The Balaban J connectivity index is 1.57. The van der Waals surface area contributed by atoms with Gasteiger partial charge in [0.2, 0.25) is 35.4 Å². The van der Waals surface area contributed by atoms with E-state index in [2.05, 4.69) is 16.0 Å². The predicted octanol–water partition coefficient (Wildman–Crippen LogP) is 1.25. The molecule has 16 nitrogen and oxygen atoms in total. The molecule has 298 valence electrons. The maximum absolute atomic E-state index is 14.6. The van der Waals surface area contributed by atoms with Crippen LogP contribution in [0.25, 0.3) is 0 Å². The molecule has 6 bridgehead atoms. The van der Waals surface area contributed by atoms with Crippen LogP contribution in [-0.2, 0) is 48.0 Å². The van der Waals surface area contributed by atoms with Gasteiger partial charge in [-0.2, -0.15) is 0 Å². The highest BCUT2D eigenvalue weighted by molar-refractivity contribution is 5.98. The van der Waals surface area contributed by atoms with Crippen LogP contribution >= 0.6 is 0 Å². The molecular weight excluding hydrogens is 724 g/mol. The van der Waals surface area contributed by atoms with Crippen LogP contribution in [0.4, 0.5) is 0 Å². The lowest BCUT2D eigenvalue weighted by atomic mass is 9.98. The number of rotatable bonds is 3. The molecule has 3 aliphatic heterocycles. The van der Waals surface area contributed by atoms with Crippen molar-refractivity contribution in [1.82, 2.24) is 30.7 Å². The molecule has 1 fully saturated rings. The number of hydrogen-bond donors (Lipinski definition) is 5. The SMILES string of the molecule is COc1ccc(C[C@H]2C(=O)N[C@@H](C)C(=O)N(C)[C@H]3Cc4ccc(cc4)Oc4cc(ccc4O)C[C@@H](C(=O)N[C@H](C)C(=O)N[C@@H](C)C(=O)N2C)N(C)C3=O)cc1O. The summed E-state index contributed by atoms with van der Waals surface area (Å²) in [5.41, 5.74) is 1.63. The van der Waals surface area contributed by atoms with Crippen LogP contribution in [0.1, 0.15) is 37.5 Å². The highest BCUT2D eigenvalue weighted by Crippen LogP contribution is 2.33. The zero-order valence-electron chi connectivity index (χ0n) is 32.4. The van der Waals surface area contributed by atoms with Crippen molar-refractivity contribution in [1.29, 1.82) is 0 Å². The number of carbonyl (C=O) groups is 6. The first-order valence-corrected chi connectivity index (χ1v) is 18.1. The molecule has 56 heavy (non-hydrogen) atoms. The molecule has 6 rings (SSSR count). The van der Waals surface area contributed by atoms with E-state index in [1.54, 1.807) is 42.5 Å². The van der Waals surface area contributed by atoms with E-state index in [0.29, 0.717) is 22.4 Å². The smallest absolute Gasteiger partial charge is 0.246 e. The molecule has 3 aliphatic rings. The summed E-state index contributed by atoms with van der Waals surface area (Å²) in [6.45, 7) is 4.32. The van der Waals surface area contributed by atoms with Crippen LogP contribution in [0.5, 0.6) is 28.7 Å². The lowest BCUT2D eigenvalue weighted by Crippen LogP contribution is -2.61. The Morgan fingerprint density at radius 2 is 1.21 bits per heavy atom. The number of benzene rings is 3. The Labute approximate surface area is 324 Å². The van der Waals surface area contributed by atoms with Crippen molar-refractivity contribution in [3.63, 3.8) is 0 Å². The quantitative estimate of drug-likeness (QED) is 0.258. The molecule has 3 heterocycles. The van der Waals surface area contributed by atoms with Gasteiger partial charge in [0.1, 0.15) is 42.0 Å². The number of likely N-dealkylation sites (N-methyl/N-ethyl adjacent to an activating group) is 3. The number of phenols is 2. The first-order valence-electron chi connectivity index (χ1n) is 18.1. The van der Waals surface area contributed by atoms with Gasteiger partial charge in [0.15, 0.2) is 23.0 Å². The van der Waals surface area contributed by atoms with Gasteiger partial charge in [-0.3, -0.25) is 28.8 Å². The third kappa shape index (κ3) is 8.96. The van der Waals surface area contributed by atoms with Crippen LogP contribution in [-0.4, -0.2) is 125 Å². The largest absolute Gasteiger partial charge is 0.504 e. The number of methoxy groups -OCH3 is 1. The van der Waals surface area contributed by atoms with Gasteiger partial charge in [0.25, 0.3) is 0 Å². The second-order valence-electron chi connectivity index (χ2n) is 14.3. The van der Waals surface area contributed by atoms with Gasteiger partial charge in [-0.25, -0.2) is 0 Å². The molecule has 3 aromatic rings. The van der Waals surface area contributed by atoms with E-state index >= 15 is 0 Å². The van der Waals surface area contributed by atoms with Crippen molar-refractivity contribution >= 4 is 35.4 Å². The molecule has 16 heteroatoms. The maximum Gasteiger partial charge on any atom is 0.246 e. The van der Waals surface area contributed by atoms with Crippen LogP contribution < -0.4 is 25.4 Å². The summed E-state index contributed by atoms with van der Waals surface area (Å²) in [7, 11) is 5.64. The Morgan fingerprint density at radius 1 is 0.643 bits per heavy atom. The fourth-order valence-corrected chi connectivity index (χ4v) is 6.77. The van der Waals surface area contributed by atoms with E-state index in [1.165, 1.54) is 77.0 Å². The van der Waals surface area contributed by atoms with E-state index in [4.69, 9.17) is 9.47 Å².